The summed E-state index contributed by atoms with van der Waals surface area (Å²) in [5, 5.41) is 2.78. The molecule has 0 fully saturated rings. The first-order chi connectivity index (χ1) is 10.1. The van der Waals surface area contributed by atoms with Crippen LogP contribution in [0.5, 0.6) is 5.75 Å². The van der Waals surface area contributed by atoms with Gasteiger partial charge in [0.25, 0.3) is 5.91 Å². The maximum atomic E-state index is 12.4. The quantitative estimate of drug-likeness (QED) is 0.825. The van der Waals surface area contributed by atoms with E-state index < -0.39 is 17.3 Å². The Balaban J connectivity index is 0.00000484. The van der Waals surface area contributed by atoms with Gasteiger partial charge in [-0.25, -0.2) is 0 Å². The maximum Gasteiger partial charge on any atom is 0.416 e. The number of amides is 1. The van der Waals surface area contributed by atoms with Gasteiger partial charge in [-0.1, -0.05) is 13.8 Å². The molecule has 1 atom stereocenters. The molecule has 132 valence electrons. The molecule has 0 spiro atoms. The first-order valence-corrected chi connectivity index (χ1v) is 6.89. The van der Waals surface area contributed by atoms with E-state index in [0.29, 0.717) is 0 Å². The lowest BCUT2D eigenvalue weighted by atomic mass is 9.88. The van der Waals surface area contributed by atoms with Crippen molar-refractivity contribution in [3.05, 3.63) is 29.8 Å². The van der Waals surface area contributed by atoms with Crippen molar-refractivity contribution in [2.75, 3.05) is 13.2 Å². The van der Waals surface area contributed by atoms with Crippen LogP contribution in [0.15, 0.2) is 24.3 Å². The van der Waals surface area contributed by atoms with Crippen molar-refractivity contribution in [1.82, 2.24) is 5.32 Å². The zero-order chi connectivity index (χ0) is 17.0. The highest BCUT2D eigenvalue weighted by molar-refractivity contribution is 5.85. The molecule has 0 saturated heterocycles. The van der Waals surface area contributed by atoms with Gasteiger partial charge >= 0.3 is 6.18 Å². The van der Waals surface area contributed by atoms with Gasteiger partial charge in [0.05, 0.1) is 11.1 Å². The molecule has 0 aliphatic rings. The number of nitrogens with one attached hydrogen (secondary N) is 1. The van der Waals surface area contributed by atoms with Crippen LogP contribution in [-0.2, 0) is 11.0 Å². The van der Waals surface area contributed by atoms with E-state index in [-0.39, 0.29) is 43.1 Å². The van der Waals surface area contributed by atoms with E-state index in [1.165, 1.54) is 12.1 Å². The number of carbonyl (C=O) groups is 1. The summed E-state index contributed by atoms with van der Waals surface area (Å²) in [5.41, 5.74) is 4.34. The maximum absolute atomic E-state index is 12.4. The molecule has 0 radical (unpaired) electrons. The summed E-state index contributed by atoms with van der Waals surface area (Å²) < 4.78 is 42.4. The predicted molar refractivity (Wildman–Crippen MR) is 84.6 cm³/mol. The van der Waals surface area contributed by atoms with Crippen molar-refractivity contribution in [3.8, 4) is 5.75 Å². The summed E-state index contributed by atoms with van der Waals surface area (Å²) in [6.07, 6.45) is -4.39. The van der Waals surface area contributed by atoms with Gasteiger partial charge in [0, 0.05) is 6.54 Å². The predicted octanol–water partition coefficient (Wildman–Crippen LogP) is 3.00. The summed E-state index contributed by atoms with van der Waals surface area (Å²) in [5.74, 6) is -0.0452. The Bertz CT molecular complexity index is 506. The topological polar surface area (TPSA) is 64.3 Å². The molecule has 3 N–H and O–H groups in total. The Morgan fingerprint density at radius 1 is 1.26 bits per heavy atom. The molecule has 0 saturated carbocycles. The monoisotopic (exact) mass is 354 g/mol. The number of hydrogen-bond donors (Lipinski definition) is 2. The summed E-state index contributed by atoms with van der Waals surface area (Å²) >= 11 is 0. The van der Waals surface area contributed by atoms with Crippen molar-refractivity contribution in [2.45, 2.75) is 32.5 Å². The number of rotatable bonds is 6. The second-order valence-corrected chi connectivity index (χ2v) is 5.64. The Hall–Kier alpha value is -1.47. The normalized spacial score (nSPS) is 13.9. The molecule has 0 aliphatic carbocycles. The van der Waals surface area contributed by atoms with Crippen LogP contribution in [0, 0.1) is 5.92 Å². The zero-order valence-electron chi connectivity index (χ0n) is 13.2. The number of nitrogens with two attached hydrogens (primary N) is 1. The fourth-order valence-corrected chi connectivity index (χ4v) is 1.67. The molecule has 1 rings (SSSR count). The van der Waals surface area contributed by atoms with Crippen LogP contribution in [0.4, 0.5) is 13.2 Å². The van der Waals surface area contributed by atoms with E-state index in [2.05, 4.69) is 5.32 Å². The van der Waals surface area contributed by atoms with Crippen LogP contribution >= 0.6 is 12.4 Å². The fourth-order valence-electron chi connectivity index (χ4n) is 1.67. The summed E-state index contributed by atoms with van der Waals surface area (Å²) in [6, 6.07) is 4.18. The summed E-state index contributed by atoms with van der Waals surface area (Å²) in [6.45, 7) is 5.69. The fraction of sp³-hybridized carbons (Fsp3) is 0.533. The van der Waals surface area contributed by atoms with Gasteiger partial charge in [0.1, 0.15) is 5.75 Å². The lowest BCUT2D eigenvalue weighted by molar-refractivity contribution is -0.137. The van der Waals surface area contributed by atoms with E-state index in [4.69, 9.17) is 10.5 Å². The second-order valence-electron chi connectivity index (χ2n) is 5.64. The van der Waals surface area contributed by atoms with E-state index in [0.717, 1.165) is 12.1 Å². The molecule has 1 unspecified atom stereocenters. The van der Waals surface area contributed by atoms with E-state index >= 15 is 0 Å². The van der Waals surface area contributed by atoms with Gasteiger partial charge in [0.2, 0.25) is 0 Å². The number of hydrogen-bond acceptors (Lipinski definition) is 3. The van der Waals surface area contributed by atoms with Crippen molar-refractivity contribution in [1.29, 1.82) is 0 Å². The molecule has 1 amide bonds. The van der Waals surface area contributed by atoms with Gasteiger partial charge in [-0.2, -0.15) is 13.2 Å². The highest BCUT2D eigenvalue weighted by Crippen LogP contribution is 2.30. The molecular weight excluding hydrogens is 333 g/mol. The van der Waals surface area contributed by atoms with Gasteiger partial charge in [-0.15, -0.1) is 12.4 Å². The Labute approximate surface area is 140 Å². The number of halogens is 4. The highest BCUT2D eigenvalue weighted by Gasteiger charge is 2.30. The van der Waals surface area contributed by atoms with Crippen LogP contribution in [-0.4, -0.2) is 24.6 Å². The molecule has 0 aliphatic heterocycles. The standard InChI is InChI=1S/C15H21F3N2O2.ClH/c1-10(2)14(3,9-19)20-13(21)8-22-12-6-4-11(5-7-12)15(16,17)18;/h4-7,10H,8-9,19H2,1-3H3,(H,20,21);1H. The minimum Gasteiger partial charge on any atom is -0.484 e. The molecule has 1 aromatic carbocycles. The van der Waals surface area contributed by atoms with Gasteiger partial charge < -0.3 is 15.8 Å². The smallest absolute Gasteiger partial charge is 0.416 e. The highest BCUT2D eigenvalue weighted by atomic mass is 35.5. The molecule has 0 heterocycles. The molecule has 1 aromatic rings. The molecular formula is C15H22ClF3N2O2. The van der Waals surface area contributed by atoms with Crippen molar-refractivity contribution < 1.29 is 22.7 Å². The largest absolute Gasteiger partial charge is 0.484 e. The zero-order valence-corrected chi connectivity index (χ0v) is 14.1. The van der Waals surface area contributed by atoms with E-state index in [1.807, 2.05) is 20.8 Å². The van der Waals surface area contributed by atoms with Crippen molar-refractivity contribution >= 4 is 18.3 Å². The van der Waals surface area contributed by atoms with E-state index in [9.17, 15) is 18.0 Å². The third kappa shape index (κ3) is 6.27. The molecule has 4 nitrogen and oxygen atoms in total. The third-order valence-corrected chi connectivity index (χ3v) is 3.67. The van der Waals surface area contributed by atoms with Crippen LogP contribution < -0.4 is 15.8 Å². The SMILES string of the molecule is CC(C)C(C)(CN)NC(=O)COc1ccc(C(F)(F)F)cc1.Cl. The Morgan fingerprint density at radius 3 is 2.17 bits per heavy atom. The number of carbonyl (C=O) groups excluding carboxylic acids is 1. The van der Waals surface area contributed by atoms with Crippen LogP contribution in [0.3, 0.4) is 0 Å². The van der Waals surface area contributed by atoms with Gasteiger partial charge in [0.15, 0.2) is 6.61 Å². The molecule has 23 heavy (non-hydrogen) atoms. The second kappa shape index (κ2) is 8.40. The van der Waals surface area contributed by atoms with Crippen molar-refractivity contribution in [2.24, 2.45) is 11.7 Å². The molecule has 8 heteroatoms. The number of ether oxygens (including phenoxy) is 1. The first-order valence-electron chi connectivity index (χ1n) is 6.89. The van der Waals surface area contributed by atoms with Crippen LogP contribution in [0.1, 0.15) is 26.3 Å². The number of alkyl halides is 3. The lowest BCUT2D eigenvalue weighted by Crippen LogP contribution is -2.56. The lowest BCUT2D eigenvalue weighted by Gasteiger charge is -2.33. The third-order valence-electron chi connectivity index (χ3n) is 3.67. The Morgan fingerprint density at radius 2 is 1.78 bits per heavy atom. The summed E-state index contributed by atoms with van der Waals surface area (Å²) in [4.78, 5) is 11.8. The van der Waals surface area contributed by atoms with Crippen molar-refractivity contribution in [3.63, 3.8) is 0 Å². The van der Waals surface area contributed by atoms with Crippen LogP contribution in [0.25, 0.3) is 0 Å². The minimum absolute atomic E-state index is 0. The van der Waals surface area contributed by atoms with E-state index in [1.54, 1.807) is 0 Å². The average Bonchev–Trinajstić information content (AvgIpc) is 2.44. The average molecular weight is 355 g/mol. The minimum atomic E-state index is -4.39. The Kier molecular flexibility index (Phi) is 7.86. The van der Waals surface area contributed by atoms with Crippen LogP contribution in [0.2, 0.25) is 0 Å². The molecule has 0 aromatic heterocycles. The first kappa shape index (κ1) is 21.5. The van der Waals surface area contributed by atoms with Gasteiger partial charge in [-0.3, -0.25) is 4.79 Å². The summed E-state index contributed by atoms with van der Waals surface area (Å²) in [7, 11) is 0. The van der Waals surface area contributed by atoms with Gasteiger partial charge in [-0.05, 0) is 37.1 Å². The molecule has 0 bridgehead atoms. The number of benzene rings is 1.